The highest BCUT2D eigenvalue weighted by Crippen LogP contribution is 2.09. The van der Waals surface area contributed by atoms with Crippen LogP contribution in [0.25, 0.3) is 0 Å². The summed E-state index contributed by atoms with van der Waals surface area (Å²) in [6.07, 6.45) is 17.3. The first-order valence-electron chi connectivity index (χ1n) is 8.35. The number of hydrogen-bond acceptors (Lipinski definition) is 1. The highest BCUT2D eigenvalue weighted by Gasteiger charge is 1.91. The third-order valence-electron chi connectivity index (χ3n) is 3.57. The van der Waals surface area contributed by atoms with Gasteiger partial charge in [-0.15, -0.1) is 6.58 Å². The zero-order valence-corrected chi connectivity index (χ0v) is 13.3. The van der Waals surface area contributed by atoms with Gasteiger partial charge in [0.05, 0.1) is 12.9 Å². The molecule has 0 saturated carbocycles. The van der Waals surface area contributed by atoms with E-state index < -0.39 is 0 Å². The highest BCUT2D eigenvalue weighted by molar-refractivity contribution is 5.14. The van der Waals surface area contributed by atoms with E-state index in [2.05, 4.69) is 36.9 Å². The van der Waals surface area contributed by atoms with Gasteiger partial charge in [0, 0.05) is 6.42 Å². The quantitative estimate of drug-likeness (QED) is 0.243. The Morgan fingerprint density at radius 1 is 0.857 bits per heavy atom. The van der Waals surface area contributed by atoms with Gasteiger partial charge in [0.2, 0.25) is 0 Å². The number of unbranched alkanes of at least 4 members (excludes halogenated alkanes) is 7. The molecule has 1 rings (SSSR count). The van der Waals surface area contributed by atoms with E-state index in [9.17, 15) is 0 Å². The molecule has 21 heavy (non-hydrogen) atoms. The molecular weight excluding hydrogens is 256 g/mol. The van der Waals surface area contributed by atoms with Crippen LogP contribution in [0.15, 0.2) is 55.3 Å². The summed E-state index contributed by atoms with van der Waals surface area (Å²) < 4.78 is 5.52. The maximum absolute atomic E-state index is 5.52. The van der Waals surface area contributed by atoms with Gasteiger partial charge in [-0.25, -0.2) is 0 Å². The number of ether oxygens (including phenoxy) is 1. The van der Waals surface area contributed by atoms with Crippen molar-refractivity contribution in [1.29, 1.82) is 0 Å². The molecule has 0 heterocycles. The lowest BCUT2D eigenvalue weighted by atomic mass is 10.1. The monoisotopic (exact) mass is 286 g/mol. The third kappa shape index (κ3) is 10.9. The lowest BCUT2D eigenvalue weighted by Crippen LogP contribution is -1.93. The molecule has 1 aromatic rings. The topological polar surface area (TPSA) is 9.23 Å². The second kappa shape index (κ2) is 13.5. The fraction of sp³-hybridized carbons (Fsp3) is 0.500. The largest absolute Gasteiger partial charge is 0.501 e. The van der Waals surface area contributed by atoms with Gasteiger partial charge in [0.15, 0.2) is 0 Å². The average Bonchev–Trinajstić information content (AvgIpc) is 2.53. The SMILES string of the molecule is C=CCCCCCCCCC=COCCc1ccccc1. The van der Waals surface area contributed by atoms with Crippen molar-refractivity contribution in [3.05, 3.63) is 60.9 Å². The van der Waals surface area contributed by atoms with Crippen LogP contribution in [-0.4, -0.2) is 6.61 Å². The van der Waals surface area contributed by atoms with E-state index in [0.29, 0.717) is 0 Å². The van der Waals surface area contributed by atoms with Gasteiger partial charge in [-0.3, -0.25) is 0 Å². The van der Waals surface area contributed by atoms with Gasteiger partial charge in [0.1, 0.15) is 0 Å². The molecule has 1 aromatic carbocycles. The van der Waals surface area contributed by atoms with Gasteiger partial charge in [-0.1, -0.05) is 62.1 Å². The normalized spacial score (nSPS) is 10.9. The molecule has 1 nitrogen and oxygen atoms in total. The molecule has 0 aliphatic carbocycles. The number of allylic oxidation sites excluding steroid dienone is 2. The summed E-state index contributed by atoms with van der Waals surface area (Å²) in [6.45, 7) is 4.51. The van der Waals surface area contributed by atoms with Crippen molar-refractivity contribution < 1.29 is 4.74 Å². The van der Waals surface area contributed by atoms with Crippen LogP contribution in [0.2, 0.25) is 0 Å². The first kappa shape index (κ1) is 17.6. The maximum Gasteiger partial charge on any atom is 0.0913 e. The lowest BCUT2D eigenvalue weighted by Gasteiger charge is -2.01. The fourth-order valence-corrected chi connectivity index (χ4v) is 2.28. The summed E-state index contributed by atoms with van der Waals surface area (Å²) in [6, 6.07) is 10.5. The minimum Gasteiger partial charge on any atom is -0.501 e. The summed E-state index contributed by atoms with van der Waals surface area (Å²) in [4.78, 5) is 0. The minimum absolute atomic E-state index is 0.768. The predicted molar refractivity (Wildman–Crippen MR) is 92.4 cm³/mol. The van der Waals surface area contributed by atoms with Gasteiger partial charge >= 0.3 is 0 Å². The minimum atomic E-state index is 0.768. The first-order chi connectivity index (χ1) is 10.4. The second-order valence-electron chi connectivity index (χ2n) is 5.47. The molecule has 0 aromatic heterocycles. The van der Waals surface area contributed by atoms with Crippen molar-refractivity contribution in [2.45, 2.75) is 57.8 Å². The van der Waals surface area contributed by atoms with Crippen LogP contribution < -0.4 is 0 Å². The van der Waals surface area contributed by atoms with Gasteiger partial charge in [0.25, 0.3) is 0 Å². The Bertz CT molecular complexity index is 367. The van der Waals surface area contributed by atoms with E-state index in [1.165, 1.54) is 50.5 Å². The number of hydrogen-bond donors (Lipinski definition) is 0. The predicted octanol–water partition coefficient (Wildman–Crippen LogP) is 6.07. The van der Waals surface area contributed by atoms with Crippen molar-refractivity contribution in [1.82, 2.24) is 0 Å². The Labute approximate surface area is 130 Å². The summed E-state index contributed by atoms with van der Waals surface area (Å²) in [5.41, 5.74) is 1.34. The maximum atomic E-state index is 5.52. The molecule has 116 valence electrons. The van der Waals surface area contributed by atoms with Crippen LogP contribution >= 0.6 is 0 Å². The molecule has 0 amide bonds. The number of benzene rings is 1. The Morgan fingerprint density at radius 2 is 1.52 bits per heavy atom. The van der Waals surface area contributed by atoms with E-state index >= 15 is 0 Å². The molecule has 0 unspecified atom stereocenters. The standard InChI is InChI=1S/C20H30O/c1-2-3-4-5-6-7-8-9-10-14-18-21-19-17-20-15-12-11-13-16-20/h2,11-16,18H,1,3-10,17,19H2. The van der Waals surface area contributed by atoms with Crippen molar-refractivity contribution in [3.8, 4) is 0 Å². The average molecular weight is 286 g/mol. The third-order valence-corrected chi connectivity index (χ3v) is 3.57. The van der Waals surface area contributed by atoms with E-state index in [4.69, 9.17) is 4.74 Å². The van der Waals surface area contributed by atoms with Crippen LogP contribution in [0, 0.1) is 0 Å². The zero-order valence-electron chi connectivity index (χ0n) is 13.3. The van der Waals surface area contributed by atoms with E-state index in [-0.39, 0.29) is 0 Å². The Morgan fingerprint density at radius 3 is 2.24 bits per heavy atom. The molecule has 0 aliphatic rings. The molecule has 0 fully saturated rings. The molecule has 0 atom stereocenters. The van der Waals surface area contributed by atoms with Crippen LogP contribution in [0.3, 0.4) is 0 Å². The van der Waals surface area contributed by atoms with E-state index in [0.717, 1.165) is 19.4 Å². The molecule has 1 heteroatoms. The Balaban J connectivity index is 1.83. The molecule has 0 spiro atoms. The van der Waals surface area contributed by atoms with Crippen LogP contribution in [0.1, 0.15) is 56.9 Å². The summed E-state index contributed by atoms with van der Waals surface area (Å²) >= 11 is 0. The molecule has 0 bridgehead atoms. The Hall–Kier alpha value is -1.50. The fourth-order valence-electron chi connectivity index (χ4n) is 2.28. The van der Waals surface area contributed by atoms with Crippen molar-refractivity contribution in [2.24, 2.45) is 0 Å². The smallest absolute Gasteiger partial charge is 0.0913 e. The Kier molecular flexibility index (Phi) is 11.3. The number of rotatable bonds is 13. The lowest BCUT2D eigenvalue weighted by molar-refractivity contribution is 0.252. The molecule has 0 N–H and O–H groups in total. The van der Waals surface area contributed by atoms with Crippen LogP contribution in [-0.2, 0) is 11.2 Å². The zero-order chi connectivity index (χ0) is 15.0. The first-order valence-corrected chi connectivity index (χ1v) is 8.35. The van der Waals surface area contributed by atoms with Crippen LogP contribution in [0.5, 0.6) is 0 Å². The van der Waals surface area contributed by atoms with E-state index in [1.54, 1.807) is 0 Å². The molecular formula is C20H30O. The van der Waals surface area contributed by atoms with Gasteiger partial charge in [-0.05, 0) is 37.3 Å². The van der Waals surface area contributed by atoms with E-state index in [1.807, 2.05) is 18.4 Å². The summed E-state index contributed by atoms with van der Waals surface area (Å²) in [5, 5.41) is 0. The van der Waals surface area contributed by atoms with Crippen LogP contribution in [0.4, 0.5) is 0 Å². The second-order valence-corrected chi connectivity index (χ2v) is 5.47. The van der Waals surface area contributed by atoms with Gasteiger partial charge in [-0.2, -0.15) is 0 Å². The molecule has 0 saturated heterocycles. The van der Waals surface area contributed by atoms with Crippen molar-refractivity contribution in [3.63, 3.8) is 0 Å². The highest BCUT2D eigenvalue weighted by atomic mass is 16.5. The van der Waals surface area contributed by atoms with Crippen molar-refractivity contribution in [2.75, 3.05) is 6.61 Å². The summed E-state index contributed by atoms with van der Waals surface area (Å²) in [5.74, 6) is 0. The molecule has 0 radical (unpaired) electrons. The molecule has 0 aliphatic heterocycles. The van der Waals surface area contributed by atoms with Crippen molar-refractivity contribution >= 4 is 0 Å². The van der Waals surface area contributed by atoms with Gasteiger partial charge < -0.3 is 4.74 Å². The summed E-state index contributed by atoms with van der Waals surface area (Å²) in [7, 11) is 0.